The molecule has 0 aliphatic carbocycles. The Morgan fingerprint density at radius 3 is 2.69 bits per heavy atom. The van der Waals surface area contributed by atoms with E-state index < -0.39 is 35.5 Å². The van der Waals surface area contributed by atoms with Gasteiger partial charge in [0, 0.05) is 13.1 Å². The van der Waals surface area contributed by atoms with Crippen molar-refractivity contribution in [2.45, 2.75) is 45.4 Å². The van der Waals surface area contributed by atoms with E-state index in [9.17, 15) is 19.2 Å². The van der Waals surface area contributed by atoms with Crippen LogP contribution in [0.4, 0.5) is 4.79 Å². The second-order valence-electron chi connectivity index (χ2n) is 7.30. The highest BCUT2D eigenvalue weighted by molar-refractivity contribution is 6.06. The number of esters is 1. The van der Waals surface area contributed by atoms with Crippen molar-refractivity contribution in [2.75, 3.05) is 13.3 Å². The number of imide groups is 1. The average molecular weight is 405 g/mol. The molecule has 4 amide bonds. The first kappa shape index (κ1) is 20.4. The Morgan fingerprint density at radius 1 is 1.28 bits per heavy atom. The molecule has 0 spiro atoms. The van der Waals surface area contributed by atoms with Gasteiger partial charge in [0.2, 0.25) is 6.79 Å². The molecule has 1 aromatic rings. The average Bonchev–Trinajstić information content (AvgIpc) is 3.20. The molecule has 2 heterocycles. The lowest BCUT2D eigenvalue weighted by molar-refractivity contribution is -0.155. The Morgan fingerprint density at radius 2 is 2.00 bits per heavy atom. The van der Waals surface area contributed by atoms with Crippen molar-refractivity contribution in [1.29, 1.82) is 0 Å². The maximum Gasteiger partial charge on any atom is 0.325 e. The monoisotopic (exact) mass is 405 g/mol. The molecule has 2 aliphatic rings. The molecule has 0 saturated carbocycles. The standard InChI is InChI=1S/C19H23N3O7/c1-11(16(24)20-9-12-4-5-13-14(8-12)28-10-27-13)29-15(23)6-7-22-17(25)19(2,3)21-18(22)26/h4-5,8,11H,6-7,9-10H2,1-3H3,(H,20,24)(H,21,26)/t11-/m0/s1. The SMILES string of the molecule is C[C@H](OC(=O)CCN1C(=O)NC(C)(C)C1=O)C(=O)NCc1ccc2c(c1)OCO2. The van der Waals surface area contributed by atoms with E-state index >= 15 is 0 Å². The van der Waals surface area contributed by atoms with Gasteiger partial charge in [0.15, 0.2) is 17.6 Å². The number of rotatable bonds is 7. The van der Waals surface area contributed by atoms with E-state index in [0.717, 1.165) is 10.5 Å². The quantitative estimate of drug-likeness (QED) is 0.505. The second kappa shape index (κ2) is 7.98. The van der Waals surface area contributed by atoms with Crippen molar-refractivity contribution >= 4 is 23.8 Å². The predicted octanol–water partition coefficient (Wildman–Crippen LogP) is 0.684. The van der Waals surface area contributed by atoms with E-state index in [2.05, 4.69) is 10.6 Å². The number of urea groups is 1. The van der Waals surface area contributed by atoms with Crippen LogP contribution < -0.4 is 20.1 Å². The summed E-state index contributed by atoms with van der Waals surface area (Å²) in [6, 6.07) is 4.76. The predicted molar refractivity (Wildman–Crippen MR) is 98.9 cm³/mol. The Bertz CT molecular complexity index is 852. The van der Waals surface area contributed by atoms with E-state index in [0.29, 0.717) is 11.5 Å². The summed E-state index contributed by atoms with van der Waals surface area (Å²) in [4.78, 5) is 49.0. The minimum absolute atomic E-state index is 0.113. The van der Waals surface area contributed by atoms with Gasteiger partial charge < -0.3 is 24.8 Å². The summed E-state index contributed by atoms with van der Waals surface area (Å²) >= 11 is 0. The molecule has 3 rings (SSSR count). The zero-order valence-corrected chi connectivity index (χ0v) is 16.4. The van der Waals surface area contributed by atoms with Crippen LogP contribution in [0, 0.1) is 0 Å². The summed E-state index contributed by atoms with van der Waals surface area (Å²) in [6.45, 7) is 4.90. The maximum atomic E-state index is 12.2. The number of carbonyl (C=O) groups is 4. The molecule has 29 heavy (non-hydrogen) atoms. The van der Waals surface area contributed by atoms with Crippen molar-refractivity contribution in [3.8, 4) is 11.5 Å². The highest BCUT2D eigenvalue weighted by atomic mass is 16.7. The van der Waals surface area contributed by atoms with Gasteiger partial charge in [-0.3, -0.25) is 19.3 Å². The van der Waals surface area contributed by atoms with Gasteiger partial charge in [0.25, 0.3) is 11.8 Å². The fraction of sp³-hybridized carbons (Fsp3) is 0.474. The molecule has 10 nitrogen and oxygen atoms in total. The molecular weight excluding hydrogens is 382 g/mol. The number of benzene rings is 1. The molecule has 1 atom stereocenters. The molecule has 1 fully saturated rings. The highest BCUT2D eigenvalue weighted by Gasteiger charge is 2.44. The summed E-state index contributed by atoms with van der Waals surface area (Å²) in [5.74, 6) is -0.297. The lowest BCUT2D eigenvalue weighted by Crippen LogP contribution is -2.40. The molecule has 0 radical (unpaired) electrons. The molecule has 1 aromatic carbocycles. The Balaban J connectivity index is 1.42. The molecule has 10 heteroatoms. The molecule has 1 saturated heterocycles. The van der Waals surface area contributed by atoms with Crippen LogP contribution in [0.2, 0.25) is 0 Å². The minimum Gasteiger partial charge on any atom is -0.454 e. The summed E-state index contributed by atoms with van der Waals surface area (Å²) in [5.41, 5.74) is -0.189. The molecule has 0 aromatic heterocycles. The fourth-order valence-corrected chi connectivity index (χ4v) is 2.92. The zero-order chi connectivity index (χ0) is 21.2. The van der Waals surface area contributed by atoms with Crippen molar-refractivity contribution in [1.82, 2.24) is 15.5 Å². The Labute approximate surface area is 167 Å². The van der Waals surface area contributed by atoms with Crippen LogP contribution in [-0.4, -0.2) is 53.7 Å². The zero-order valence-electron chi connectivity index (χ0n) is 16.4. The second-order valence-corrected chi connectivity index (χ2v) is 7.30. The van der Waals surface area contributed by atoms with E-state index in [1.54, 1.807) is 32.0 Å². The van der Waals surface area contributed by atoms with Gasteiger partial charge in [-0.2, -0.15) is 0 Å². The lowest BCUT2D eigenvalue weighted by Gasteiger charge is -2.17. The van der Waals surface area contributed by atoms with Gasteiger partial charge in [-0.25, -0.2) is 4.79 Å². The van der Waals surface area contributed by atoms with Crippen molar-refractivity contribution < 1.29 is 33.4 Å². The number of hydrogen-bond donors (Lipinski definition) is 2. The smallest absolute Gasteiger partial charge is 0.325 e. The fourth-order valence-electron chi connectivity index (χ4n) is 2.92. The summed E-state index contributed by atoms with van der Waals surface area (Å²) in [6.07, 6.45) is -1.22. The number of nitrogens with zero attached hydrogens (tertiary/aromatic N) is 1. The summed E-state index contributed by atoms with van der Waals surface area (Å²) in [5, 5.41) is 5.20. The summed E-state index contributed by atoms with van der Waals surface area (Å²) < 4.78 is 15.6. The largest absolute Gasteiger partial charge is 0.454 e. The Kier molecular flexibility index (Phi) is 5.62. The molecule has 0 bridgehead atoms. The van der Waals surface area contributed by atoms with Crippen molar-refractivity contribution in [3.63, 3.8) is 0 Å². The molecule has 156 valence electrons. The van der Waals surface area contributed by atoms with E-state index in [-0.39, 0.29) is 26.3 Å². The van der Waals surface area contributed by atoms with E-state index in [1.165, 1.54) is 6.92 Å². The van der Waals surface area contributed by atoms with Crippen molar-refractivity contribution in [3.05, 3.63) is 23.8 Å². The Hall–Kier alpha value is -3.30. The summed E-state index contributed by atoms with van der Waals surface area (Å²) in [7, 11) is 0. The van der Waals surface area contributed by atoms with Gasteiger partial charge in [-0.1, -0.05) is 6.07 Å². The highest BCUT2D eigenvalue weighted by Crippen LogP contribution is 2.32. The third-order valence-electron chi connectivity index (χ3n) is 4.57. The topological polar surface area (TPSA) is 123 Å². The molecule has 0 unspecified atom stereocenters. The van der Waals surface area contributed by atoms with Crippen LogP contribution in [0.1, 0.15) is 32.8 Å². The molecular formula is C19H23N3O7. The maximum absolute atomic E-state index is 12.2. The van der Waals surface area contributed by atoms with Crippen LogP contribution in [0.15, 0.2) is 18.2 Å². The first-order valence-corrected chi connectivity index (χ1v) is 9.17. The number of ether oxygens (including phenoxy) is 3. The van der Waals surface area contributed by atoms with Crippen LogP contribution in [0.25, 0.3) is 0 Å². The van der Waals surface area contributed by atoms with Crippen molar-refractivity contribution in [2.24, 2.45) is 0 Å². The number of hydrogen-bond acceptors (Lipinski definition) is 7. The van der Waals surface area contributed by atoms with Gasteiger partial charge in [-0.05, 0) is 38.5 Å². The molecule has 2 aliphatic heterocycles. The van der Waals surface area contributed by atoms with Crippen LogP contribution in [0.5, 0.6) is 11.5 Å². The normalized spacial score (nSPS) is 17.7. The first-order chi connectivity index (χ1) is 13.7. The number of fused-ring (bicyclic) bond motifs is 1. The third kappa shape index (κ3) is 4.58. The third-order valence-corrected chi connectivity index (χ3v) is 4.57. The number of amides is 4. The van der Waals surface area contributed by atoms with Gasteiger partial charge in [0.05, 0.1) is 6.42 Å². The van der Waals surface area contributed by atoms with Gasteiger partial charge >= 0.3 is 12.0 Å². The lowest BCUT2D eigenvalue weighted by atomic mass is 10.1. The molecule has 2 N–H and O–H groups in total. The van der Waals surface area contributed by atoms with Crippen LogP contribution in [-0.2, 0) is 25.7 Å². The van der Waals surface area contributed by atoms with E-state index in [4.69, 9.17) is 14.2 Å². The van der Waals surface area contributed by atoms with Gasteiger partial charge in [-0.15, -0.1) is 0 Å². The number of nitrogens with one attached hydrogen (secondary N) is 2. The van der Waals surface area contributed by atoms with Gasteiger partial charge in [0.1, 0.15) is 5.54 Å². The van der Waals surface area contributed by atoms with Crippen LogP contribution in [0.3, 0.4) is 0 Å². The number of carbonyl (C=O) groups excluding carboxylic acids is 4. The minimum atomic E-state index is -1.02. The first-order valence-electron chi connectivity index (χ1n) is 9.17. The van der Waals surface area contributed by atoms with Crippen LogP contribution >= 0.6 is 0 Å². The van der Waals surface area contributed by atoms with E-state index in [1.807, 2.05) is 0 Å².